The van der Waals surface area contributed by atoms with Gasteiger partial charge in [-0.3, -0.25) is 19.2 Å². The van der Waals surface area contributed by atoms with Gasteiger partial charge in [-0.05, 0) is 11.1 Å². The first-order chi connectivity index (χ1) is 17.3. The van der Waals surface area contributed by atoms with Gasteiger partial charge in [-0.15, -0.1) is 0 Å². The second kappa shape index (κ2) is 12.8. The minimum atomic E-state index is -1.02. The highest BCUT2D eigenvalue weighted by Crippen LogP contribution is 2.08. The summed E-state index contributed by atoms with van der Waals surface area (Å²) in [7, 11) is 0. The van der Waals surface area contributed by atoms with Gasteiger partial charge in [-0.25, -0.2) is 4.98 Å². The molecule has 0 bridgehead atoms. The predicted molar refractivity (Wildman–Crippen MR) is 133 cm³/mol. The van der Waals surface area contributed by atoms with Crippen molar-refractivity contribution in [1.82, 2.24) is 25.9 Å². The van der Waals surface area contributed by atoms with Crippen LogP contribution in [-0.4, -0.2) is 51.7 Å². The maximum absolute atomic E-state index is 13.3. The van der Waals surface area contributed by atoms with Crippen LogP contribution in [0.15, 0.2) is 73.2 Å². The number of carbonyl (C=O) groups is 4. The van der Waals surface area contributed by atoms with Gasteiger partial charge in [0.05, 0.1) is 12.0 Å². The summed E-state index contributed by atoms with van der Waals surface area (Å²) in [6.07, 6.45) is 3.58. The van der Waals surface area contributed by atoms with Gasteiger partial charge in [0.15, 0.2) is 0 Å². The molecule has 1 aromatic heterocycles. The fourth-order valence-electron chi connectivity index (χ4n) is 3.74. The molecule has 3 rings (SSSR count). The van der Waals surface area contributed by atoms with Crippen molar-refractivity contribution in [3.05, 3.63) is 90.0 Å². The lowest BCUT2D eigenvalue weighted by Crippen LogP contribution is -2.57. The Morgan fingerprint density at radius 2 is 1.28 bits per heavy atom. The molecule has 10 heteroatoms. The third-order valence-corrected chi connectivity index (χ3v) is 5.52. The van der Waals surface area contributed by atoms with Gasteiger partial charge in [0.2, 0.25) is 23.6 Å². The summed E-state index contributed by atoms with van der Waals surface area (Å²) in [5, 5.41) is 8.05. The van der Waals surface area contributed by atoms with E-state index in [1.165, 1.54) is 13.3 Å². The van der Waals surface area contributed by atoms with Gasteiger partial charge in [-0.1, -0.05) is 60.7 Å². The monoisotopic (exact) mass is 490 g/mol. The van der Waals surface area contributed by atoms with E-state index < -0.39 is 35.8 Å². The third kappa shape index (κ3) is 8.08. The molecule has 0 unspecified atom stereocenters. The summed E-state index contributed by atoms with van der Waals surface area (Å²) in [6, 6.07) is 15.5. The number of hydrogen-bond acceptors (Lipinski definition) is 5. The summed E-state index contributed by atoms with van der Waals surface area (Å²) in [5.41, 5.74) is 7.73. The summed E-state index contributed by atoms with van der Waals surface area (Å²) in [5.74, 6) is -2.19. The lowest BCUT2D eigenvalue weighted by molar-refractivity contribution is -0.133. The molecule has 3 atom stereocenters. The molecule has 36 heavy (non-hydrogen) atoms. The van der Waals surface area contributed by atoms with Gasteiger partial charge in [0.25, 0.3) is 0 Å². The molecule has 0 aliphatic carbocycles. The predicted octanol–water partition coefficient (Wildman–Crippen LogP) is 0.397. The number of aromatic amines is 1. The number of nitrogens with one attached hydrogen (secondary N) is 4. The molecule has 4 amide bonds. The molecule has 3 aromatic rings. The smallest absolute Gasteiger partial charge is 0.243 e. The Morgan fingerprint density at radius 3 is 1.72 bits per heavy atom. The zero-order valence-corrected chi connectivity index (χ0v) is 19.9. The minimum absolute atomic E-state index is 0.0963. The van der Waals surface area contributed by atoms with Gasteiger partial charge in [0.1, 0.15) is 18.1 Å². The van der Waals surface area contributed by atoms with Gasteiger partial charge in [-0.2, -0.15) is 0 Å². The van der Waals surface area contributed by atoms with Crippen LogP contribution >= 0.6 is 0 Å². The average molecular weight is 491 g/mol. The average Bonchev–Trinajstić information content (AvgIpc) is 3.37. The van der Waals surface area contributed by atoms with Gasteiger partial charge >= 0.3 is 0 Å². The van der Waals surface area contributed by atoms with E-state index in [0.717, 1.165) is 11.1 Å². The fourth-order valence-corrected chi connectivity index (χ4v) is 3.74. The van der Waals surface area contributed by atoms with E-state index in [1.807, 2.05) is 60.7 Å². The number of imidazole rings is 1. The number of benzene rings is 2. The molecular weight excluding hydrogens is 460 g/mol. The molecule has 2 aromatic carbocycles. The molecule has 0 radical (unpaired) electrons. The largest absolute Gasteiger partial charge is 0.368 e. The van der Waals surface area contributed by atoms with Crippen molar-refractivity contribution in [3.63, 3.8) is 0 Å². The minimum Gasteiger partial charge on any atom is -0.368 e. The zero-order chi connectivity index (χ0) is 25.9. The lowest BCUT2D eigenvalue weighted by Gasteiger charge is -2.24. The molecule has 6 N–H and O–H groups in total. The van der Waals surface area contributed by atoms with Crippen LogP contribution in [0, 0.1) is 0 Å². The van der Waals surface area contributed by atoms with E-state index in [2.05, 4.69) is 25.9 Å². The van der Waals surface area contributed by atoms with Crippen LogP contribution in [0.5, 0.6) is 0 Å². The van der Waals surface area contributed by atoms with E-state index in [9.17, 15) is 19.2 Å². The Labute approximate surface area is 209 Å². The standard InChI is InChI=1S/C26H30N6O4/c1-17(33)30-22(12-18-8-4-2-5-9-18)25(35)32-23(13-19-10-6-3-7-11-19)26(36)31-21(24(27)34)14-20-15-28-16-29-20/h2-11,15-16,21-23H,12-14H2,1H3,(H2,27,34)(H,28,29)(H,30,33)(H,31,36)(H,32,35)/t21-,22-,23-/m0/s1. The molecule has 188 valence electrons. The SMILES string of the molecule is CC(=O)N[C@@H](Cc1ccccc1)C(=O)N[C@@H](Cc1ccccc1)C(=O)N[C@@H](Cc1c[nH]cn1)C(N)=O. The van der Waals surface area contributed by atoms with E-state index in [0.29, 0.717) is 5.69 Å². The first-order valence-corrected chi connectivity index (χ1v) is 11.5. The lowest BCUT2D eigenvalue weighted by atomic mass is 10.0. The first-order valence-electron chi connectivity index (χ1n) is 11.5. The first kappa shape index (κ1) is 26.1. The maximum Gasteiger partial charge on any atom is 0.243 e. The Hall–Kier alpha value is -4.47. The van der Waals surface area contributed by atoms with E-state index in [4.69, 9.17) is 5.73 Å². The highest BCUT2D eigenvalue weighted by molar-refractivity contribution is 5.94. The summed E-state index contributed by atoms with van der Waals surface area (Å²) in [4.78, 5) is 57.2. The summed E-state index contributed by atoms with van der Waals surface area (Å²) >= 11 is 0. The highest BCUT2D eigenvalue weighted by Gasteiger charge is 2.29. The van der Waals surface area contributed by atoms with Crippen molar-refractivity contribution in [2.45, 2.75) is 44.3 Å². The Balaban J connectivity index is 1.79. The van der Waals surface area contributed by atoms with Crippen molar-refractivity contribution in [1.29, 1.82) is 0 Å². The molecule has 0 saturated heterocycles. The molecule has 0 aliphatic heterocycles. The van der Waals surface area contributed by atoms with Gasteiger partial charge in [0, 0.05) is 32.4 Å². The highest BCUT2D eigenvalue weighted by atomic mass is 16.2. The summed E-state index contributed by atoms with van der Waals surface area (Å²) in [6.45, 7) is 1.33. The van der Waals surface area contributed by atoms with Crippen molar-refractivity contribution in [2.24, 2.45) is 5.73 Å². The molecule has 0 fully saturated rings. The number of carbonyl (C=O) groups excluding carboxylic acids is 4. The Morgan fingerprint density at radius 1 is 0.778 bits per heavy atom. The second-order valence-electron chi connectivity index (χ2n) is 8.42. The number of primary amides is 1. The topological polar surface area (TPSA) is 159 Å². The van der Waals surface area contributed by atoms with Crippen LogP contribution in [0.25, 0.3) is 0 Å². The Bertz CT molecular complexity index is 1150. The fraction of sp³-hybridized carbons (Fsp3) is 0.269. The second-order valence-corrected chi connectivity index (χ2v) is 8.42. The van der Waals surface area contributed by atoms with Crippen LogP contribution in [0.2, 0.25) is 0 Å². The number of nitrogens with zero attached hydrogens (tertiary/aromatic N) is 1. The third-order valence-electron chi connectivity index (χ3n) is 5.52. The number of rotatable bonds is 12. The van der Waals surface area contributed by atoms with Gasteiger partial charge < -0.3 is 26.7 Å². The number of H-pyrrole nitrogens is 1. The number of amides is 4. The van der Waals surface area contributed by atoms with Crippen molar-refractivity contribution in [2.75, 3.05) is 0 Å². The Kier molecular flexibility index (Phi) is 9.33. The molecule has 0 spiro atoms. The van der Waals surface area contributed by atoms with Crippen molar-refractivity contribution >= 4 is 23.6 Å². The molecule has 0 saturated carbocycles. The number of aromatic nitrogens is 2. The molecule has 10 nitrogen and oxygen atoms in total. The number of nitrogens with two attached hydrogens (primary N) is 1. The zero-order valence-electron chi connectivity index (χ0n) is 19.9. The number of hydrogen-bond donors (Lipinski definition) is 5. The van der Waals surface area contributed by atoms with Crippen LogP contribution in [0.3, 0.4) is 0 Å². The molecule has 0 aliphatic rings. The van der Waals surface area contributed by atoms with E-state index in [-0.39, 0.29) is 25.2 Å². The molecular formula is C26H30N6O4. The van der Waals surface area contributed by atoms with Crippen molar-refractivity contribution in [3.8, 4) is 0 Å². The summed E-state index contributed by atoms with van der Waals surface area (Å²) < 4.78 is 0. The van der Waals surface area contributed by atoms with Crippen LogP contribution in [0.1, 0.15) is 23.7 Å². The van der Waals surface area contributed by atoms with E-state index >= 15 is 0 Å². The van der Waals surface area contributed by atoms with Crippen LogP contribution < -0.4 is 21.7 Å². The normalized spacial score (nSPS) is 13.1. The van der Waals surface area contributed by atoms with E-state index in [1.54, 1.807) is 6.20 Å². The molecule has 1 heterocycles. The van der Waals surface area contributed by atoms with Crippen molar-refractivity contribution < 1.29 is 19.2 Å². The quantitative estimate of drug-likeness (QED) is 0.248. The maximum atomic E-state index is 13.3. The van der Waals surface area contributed by atoms with Crippen LogP contribution in [-0.2, 0) is 38.4 Å². The van der Waals surface area contributed by atoms with Crippen LogP contribution in [0.4, 0.5) is 0 Å².